The molecule has 4 aromatic rings. The Balaban J connectivity index is 1.85. The third-order valence-electron chi connectivity index (χ3n) is 4.81. The molecule has 0 aliphatic heterocycles. The molecular formula is C22H21N3O3. The van der Waals surface area contributed by atoms with Gasteiger partial charge in [-0.05, 0) is 43.7 Å². The van der Waals surface area contributed by atoms with Crippen LogP contribution in [-0.2, 0) is 0 Å². The van der Waals surface area contributed by atoms with Gasteiger partial charge in [-0.2, -0.15) is 0 Å². The number of rotatable bonds is 4. The smallest absolute Gasteiger partial charge is 0.298 e. The van der Waals surface area contributed by atoms with Gasteiger partial charge in [-0.1, -0.05) is 17.7 Å². The topological polar surface area (TPSA) is 57.8 Å². The third-order valence-corrected chi connectivity index (χ3v) is 4.81. The summed E-state index contributed by atoms with van der Waals surface area (Å²) >= 11 is 0. The molecule has 2 aromatic carbocycles. The summed E-state index contributed by atoms with van der Waals surface area (Å²) in [5, 5.41) is 0. The summed E-state index contributed by atoms with van der Waals surface area (Å²) in [6.45, 7) is 4.03. The first kappa shape index (κ1) is 17.9. The van der Waals surface area contributed by atoms with Crippen LogP contribution in [0.5, 0.6) is 11.5 Å². The molecule has 0 amide bonds. The third kappa shape index (κ3) is 2.93. The van der Waals surface area contributed by atoms with E-state index in [1.165, 1.54) is 0 Å². The van der Waals surface area contributed by atoms with E-state index < -0.39 is 0 Å². The summed E-state index contributed by atoms with van der Waals surface area (Å²) in [5.41, 5.74) is 4.79. The van der Waals surface area contributed by atoms with Crippen LogP contribution in [0.2, 0.25) is 0 Å². The average Bonchev–Trinajstić information content (AvgIpc) is 3.14. The summed E-state index contributed by atoms with van der Waals surface area (Å²) in [6.07, 6.45) is 5.45. The van der Waals surface area contributed by atoms with Crippen LogP contribution < -0.4 is 15.0 Å². The lowest BCUT2D eigenvalue weighted by molar-refractivity contribution is 0.355. The summed E-state index contributed by atoms with van der Waals surface area (Å²) in [6, 6.07) is 11.6. The number of imidazole rings is 1. The summed E-state index contributed by atoms with van der Waals surface area (Å²) in [5.74, 6) is 1.26. The van der Waals surface area contributed by atoms with Gasteiger partial charge in [0.2, 0.25) is 5.65 Å². The van der Waals surface area contributed by atoms with Crippen LogP contribution in [0, 0.1) is 13.8 Å². The van der Waals surface area contributed by atoms with Crippen molar-refractivity contribution in [2.45, 2.75) is 13.8 Å². The molecule has 6 heteroatoms. The minimum atomic E-state index is -0.166. The van der Waals surface area contributed by atoms with Gasteiger partial charge >= 0.3 is 0 Å². The van der Waals surface area contributed by atoms with Crippen LogP contribution in [-0.4, -0.2) is 28.2 Å². The van der Waals surface area contributed by atoms with E-state index in [1.54, 1.807) is 29.4 Å². The fourth-order valence-corrected chi connectivity index (χ4v) is 3.38. The van der Waals surface area contributed by atoms with Crippen molar-refractivity contribution in [3.63, 3.8) is 0 Å². The molecule has 2 aromatic heterocycles. The van der Waals surface area contributed by atoms with Crippen LogP contribution in [0.4, 0.5) is 0 Å². The van der Waals surface area contributed by atoms with Gasteiger partial charge in [-0.25, -0.2) is 4.98 Å². The van der Waals surface area contributed by atoms with Crippen molar-refractivity contribution in [3.8, 4) is 28.4 Å². The second-order valence-electron chi connectivity index (χ2n) is 6.69. The van der Waals surface area contributed by atoms with E-state index in [0.29, 0.717) is 22.8 Å². The Morgan fingerprint density at radius 3 is 2.43 bits per heavy atom. The molecule has 4 rings (SSSR count). The van der Waals surface area contributed by atoms with Gasteiger partial charge in [0, 0.05) is 24.2 Å². The molecule has 0 aliphatic carbocycles. The van der Waals surface area contributed by atoms with Crippen LogP contribution in [0.25, 0.3) is 22.6 Å². The quantitative estimate of drug-likeness (QED) is 0.545. The molecule has 142 valence electrons. The molecule has 0 atom stereocenters. The molecule has 0 saturated carbocycles. The molecule has 0 saturated heterocycles. The Morgan fingerprint density at radius 2 is 1.71 bits per heavy atom. The van der Waals surface area contributed by atoms with Gasteiger partial charge in [0.15, 0.2) is 11.5 Å². The van der Waals surface area contributed by atoms with Crippen molar-refractivity contribution < 1.29 is 9.47 Å². The SMILES string of the molecule is COc1ccc(-c2cn3ccn(-c4ccc(C)cc4C)c(=O)c3n2)cc1OC. The lowest BCUT2D eigenvalue weighted by Crippen LogP contribution is -2.20. The van der Waals surface area contributed by atoms with Gasteiger partial charge in [0.25, 0.3) is 5.56 Å². The maximum Gasteiger partial charge on any atom is 0.298 e. The number of fused-ring (bicyclic) bond motifs is 1. The van der Waals surface area contributed by atoms with Crippen molar-refractivity contribution in [3.05, 3.63) is 76.5 Å². The zero-order chi connectivity index (χ0) is 19.8. The largest absolute Gasteiger partial charge is 0.493 e. The first-order valence-corrected chi connectivity index (χ1v) is 8.92. The van der Waals surface area contributed by atoms with Gasteiger partial charge < -0.3 is 13.9 Å². The van der Waals surface area contributed by atoms with Crippen molar-refractivity contribution in [1.82, 2.24) is 14.0 Å². The molecule has 0 bridgehead atoms. The van der Waals surface area contributed by atoms with Crippen molar-refractivity contribution in [2.24, 2.45) is 0 Å². The highest BCUT2D eigenvalue weighted by Crippen LogP contribution is 2.31. The van der Waals surface area contributed by atoms with E-state index >= 15 is 0 Å². The molecule has 2 heterocycles. The van der Waals surface area contributed by atoms with Gasteiger partial charge in [-0.3, -0.25) is 9.36 Å². The zero-order valence-corrected chi connectivity index (χ0v) is 16.3. The number of methoxy groups -OCH3 is 2. The molecule has 0 aliphatic rings. The monoisotopic (exact) mass is 375 g/mol. The predicted octanol–water partition coefficient (Wildman–Crippen LogP) is 3.79. The Bertz CT molecular complexity index is 1240. The number of ether oxygens (including phenoxy) is 2. The normalized spacial score (nSPS) is 11.0. The van der Waals surface area contributed by atoms with Crippen LogP contribution in [0.3, 0.4) is 0 Å². The number of hydrogen-bond acceptors (Lipinski definition) is 4. The molecule has 0 spiro atoms. The molecule has 0 radical (unpaired) electrons. The Kier molecular flexibility index (Phi) is 4.39. The number of aromatic nitrogens is 3. The fraction of sp³-hybridized carbons (Fsp3) is 0.182. The van der Waals surface area contributed by atoms with E-state index in [0.717, 1.165) is 22.4 Å². The van der Waals surface area contributed by atoms with Crippen molar-refractivity contribution in [2.75, 3.05) is 14.2 Å². The minimum absolute atomic E-state index is 0.166. The predicted molar refractivity (Wildman–Crippen MR) is 109 cm³/mol. The Labute approximate surface area is 162 Å². The molecule has 6 nitrogen and oxygen atoms in total. The van der Waals surface area contributed by atoms with Crippen molar-refractivity contribution in [1.29, 1.82) is 0 Å². The first-order chi connectivity index (χ1) is 13.5. The summed E-state index contributed by atoms with van der Waals surface area (Å²) in [4.78, 5) is 17.6. The highest BCUT2D eigenvalue weighted by atomic mass is 16.5. The van der Waals surface area contributed by atoms with Crippen LogP contribution in [0.1, 0.15) is 11.1 Å². The standard InChI is InChI=1S/C22H21N3O3/c1-14-5-7-18(15(2)11-14)25-10-9-24-13-17(23-21(24)22(25)26)16-6-8-19(27-3)20(12-16)28-4/h5-13H,1-4H3. The van der Waals surface area contributed by atoms with Crippen molar-refractivity contribution >= 4 is 5.65 Å². The lowest BCUT2D eigenvalue weighted by Gasteiger charge is -2.09. The van der Waals surface area contributed by atoms with Crippen LogP contribution >= 0.6 is 0 Å². The zero-order valence-electron chi connectivity index (χ0n) is 16.3. The van der Waals surface area contributed by atoms with Gasteiger partial charge in [-0.15, -0.1) is 0 Å². The van der Waals surface area contributed by atoms with E-state index in [-0.39, 0.29) is 5.56 Å². The fourth-order valence-electron chi connectivity index (χ4n) is 3.38. The Morgan fingerprint density at radius 1 is 0.929 bits per heavy atom. The van der Waals surface area contributed by atoms with E-state index in [4.69, 9.17) is 9.47 Å². The molecule has 0 unspecified atom stereocenters. The van der Waals surface area contributed by atoms with E-state index in [2.05, 4.69) is 11.1 Å². The number of nitrogens with zero attached hydrogens (tertiary/aromatic N) is 3. The second kappa shape index (κ2) is 6.88. The molecular weight excluding hydrogens is 354 g/mol. The second-order valence-corrected chi connectivity index (χ2v) is 6.69. The maximum absolute atomic E-state index is 13.1. The van der Waals surface area contributed by atoms with Crippen LogP contribution in [0.15, 0.2) is 59.8 Å². The van der Waals surface area contributed by atoms with Gasteiger partial charge in [0.05, 0.1) is 25.6 Å². The summed E-state index contributed by atoms with van der Waals surface area (Å²) in [7, 11) is 3.19. The lowest BCUT2D eigenvalue weighted by atomic mass is 10.1. The number of aryl methyl sites for hydroxylation is 2. The molecule has 0 fully saturated rings. The minimum Gasteiger partial charge on any atom is -0.493 e. The Hall–Kier alpha value is -3.54. The highest BCUT2D eigenvalue weighted by molar-refractivity contribution is 5.66. The molecule has 0 N–H and O–H groups in total. The summed E-state index contributed by atoms with van der Waals surface area (Å²) < 4.78 is 14.0. The maximum atomic E-state index is 13.1. The number of hydrogen-bond donors (Lipinski definition) is 0. The first-order valence-electron chi connectivity index (χ1n) is 8.92. The molecule has 28 heavy (non-hydrogen) atoms. The van der Waals surface area contributed by atoms with E-state index in [1.807, 2.05) is 56.6 Å². The number of benzene rings is 2. The van der Waals surface area contributed by atoms with E-state index in [9.17, 15) is 4.79 Å². The van der Waals surface area contributed by atoms with Gasteiger partial charge in [0.1, 0.15) is 0 Å². The average molecular weight is 375 g/mol. The highest BCUT2D eigenvalue weighted by Gasteiger charge is 2.13.